The SMILES string of the molecule is CCOc1cnc2ccccc2c1-c1ccn(C(C)C)n1. The average Bonchev–Trinajstić information content (AvgIpc) is 2.97. The summed E-state index contributed by atoms with van der Waals surface area (Å²) in [4.78, 5) is 4.47. The van der Waals surface area contributed by atoms with Crippen LogP contribution in [0.5, 0.6) is 5.75 Å². The predicted octanol–water partition coefficient (Wildman–Crippen LogP) is 4.08. The Morgan fingerprint density at radius 1 is 1.19 bits per heavy atom. The molecule has 0 atom stereocenters. The zero-order chi connectivity index (χ0) is 14.8. The first-order valence-electron chi connectivity index (χ1n) is 7.26. The molecule has 0 spiro atoms. The molecule has 0 aliphatic carbocycles. The van der Waals surface area contributed by atoms with Crippen molar-refractivity contribution < 1.29 is 4.74 Å². The Hall–Kier alpha value is -2.36. The van der Waals surface area contributed by atoms with Gasteiger partial charge in [-0.3, -0.25) is 9.67 Å². The molecule has 0 N–H and O–H groups in total. The van der Waals surface area contributed by atoms with Crippen LogP contribution in [0.1, 0.15) is 26.8 Å². The minimum Gasteiger partial charge on any atom is -0.492 e. The number of fused-ring (bicyclic) bond motifs is 1. The number of nitrogens with zero attached hydrogens (tertiary/aromatic N) is 3. The van der Waals surface area contributed by atoms with Crippen LogP contribution < -0.4 is 4.74 Å². The van der Waals surface area contributed by atoms with Gasteiger partial charge in [0.15, 0.2) is 0 Å². The van der Waals surface area contributed by atoms with E-state index in [9.17, 15) is 0 Å². The van der Waals surface area contributed by atoms with E-state index in [2.05, 4.69) is 30.0 Å². The maximum absolute atomic E-state index is 5.76. The highest BCUT2D eigenvalue weighted by Gasteiger charge is 2.15. The second kappa shape index (κ2) is 5.56. The minimum atomic E-state index is 0.336. The number of para-hydroxylation sites is 1. The predicted molar refractivity (Wildman–Crippen MR) is 84.5 cm³/mol. The largest absolute Gasteiger partial charge is 0.492 e. The van der Waals surface area contributed by atoms with Gasteiger partial charge in [-0.15, -0.1) is 0 Å². The summed E-state index contributed by atoms with van der Waals surface area (Å²) in [6.07, 6.45) is 3.79. The lowest BCUT2D eigenvalue weighted by Crippen LogP contribution is -2.02. The Bertz CT molecular complexity index is 762. The highest BCUT2D eigenvalue weighted by atomic mass is 16.5. The number of hydrogen-bond acceptors (Lipinski definition) is 3. The maximum atomic E-state index is 5.76. The molecule has 0 bridgehead atoms. The molecule has 3 aromatic rings. The summed E-state index contributed by atoms with van der Waals surface area (Å²) in [5.41, 5.74) is 2.89. The van der Waals surface area contributed by atoms with E-state index < -0.39 is 0 Å². The van der Waals surface area contributed by atoms with Crippen molar-refractivity contribution in [1.29, 1.82) is 0 Å². The van der Waals surface area contributed by atoms with E-state index in [1.54, 1.807) is 6.20 Å². The molecule has 0 radical (unpaired) electrons. The van der Waals surface area contributed by atoms with Gasteiger partial charge in [0.25, 0.3) is 0 Å². The fourth-order valence-electron chi connectivity index (χ4n) is 2.41. The lowest BCUT2D eigenvalue weighted by molar-refractivity contribution is 0.340. The van der Waals surface area contributed by atoms with Crippen LogP contribution in [0.15, 0.2) is 42.7 Å². The molecule has 4 heteroatoms. The molecule has 2 heterocycles. The molecule has 2 aromatic heterocycles. The van der Waals surface area contributed by atoms with Crippen LogP contribution in [-0.2, 0) is 0 Å². The molecule has 0 aliphatic rings. The molecule has 0 amide bonds. The molecule has 21 heavy (non-hydrogen) atoms. The first kappa shape index (κ1) is 13.6. The van der Waals surface area contributed by atoms with Gasteiger partial charge < -0.3 is 4.74 Å². The van der Waals surface area contributed by atoms with Gasteiger partial charge in [-0.1, -0.05) is 18.2 Å². The summed E-state index contributed by atoms with van der Waals surface area (Å²) in [5.74, 6) is 0.783. The second-order valence-electron chi connectivity index (χ2n) is 5.22. The van der Waals surface area contributed by atoms with E-state index in [1.165, 1.54) is 0 Å². The molecule has 108 valence electrons. The summed E-state index contributed by atoms with van der Waals surface area (Å²) in [7, 11) is 0. The van der Waals surface area contributed by atoms with Gasteiger partial charge in [0.2, 0.25) is 0 Å². The lowest BCUT2D eigenvalue weighted by Gasteiger charge is -2.11. The van der Waals surface area contributed by atoms with Gasteiger partial charge in [0.05, 0.1) is 29.6 Å². The quantitative estimate of drug-likeness (QED) is 0.723. The summed E-state index contributed by atoms with van der Waals surface area (Å²) in [6.45, 7) is 6.82. The minimum absolute atomic E-state index is 0.336. The molecule has 1 aromatic carbocycles. The van der Waals surface area contributed by atoms with Crippen LogP contribution in [0, 0.1) is 0 Å². The van der Waals surface area contributed by atoms with Crippen LogP contribution in [0.3, 0.4) is 0 Å². The Labute approximate surface area is 124 Å². The summed E-state index contributed by atoms with van der Waals surface area (Å²) in [6, 6.07) is 10.4. The number of rotatable bonds is 4. The fourth-order valence-corrected chi connectivity index (χ4v) is 2.41. The highest BCUT2D eigenvalue weighted by Crippen LogP contribution is 2.35. The van der Waals surface area contributed by atoms with Crippen LogP contribution in [-0.4, -0.2) is 21.4 Å². The third-order valence-electron chi connectivity index (χ3n) is 3.43. The van der Waals surface area contributed by atoms with Crippen molar-refractivity contribution in [3.63, 3.8) is 0 Å². The third kappa shape index (κ3) is 2.49. The first-order chi connectivity index (χ1) is 10.2. The first-order valence-corrected chi connectivity index (χ1v) is 7.26. The summed E-state index contributed by atoms with van der Waals surface area (Å²) < 4.78 is 7.72. The molecule has 4 nitrogen and oxygen atoms in total. The molecule has 0 fully saturated rings. The van der Waals surface area contributed by atoms with E-state index in [-0.39, 0.29) is 0 Å². The lowest BCUT2D eigenvalue weighted by atomic mass is 10.1. The molecular weight excluding hydrogens is 262 g/mol. The Kier molecular flexibility index (Phi) is 3.60. The second-order valence-corrected chi connectivity index (χ2v) is 5.22. The highest BCUT2D eigenvalue weighted by molar-refractivity contribution is 5.96. The normalized spacial score (nSPS) is 11.2. The van der Waals surface area contributed by atoms with E-state index >= 15 is 0 Å². The van der Waals surface area contributed by atoms with Gasteiger partial charge in [-0.2, -0.15) is 5.10 Å². The summed E-state index contributed by atoms with van der Waals surface area (Å²) >= 11 is 0. The fraction of sp³-hybridized carbons (Fsp3) is 0.294. The molecule has 0 saturated carbocycles. The van der Waals surface area contributed by atoms with E-state index in [4.69, 9.17) is 4.74 Å². The average molecular weight is 281 g/mol. The molecule has 0 unspecified atom stereocenters. The van der Waals surface area contributed by atoms with Crippen molar-refractivity contribution in [3.8, 4) is 17.0 Å². The summed E-state index contributed by atoms with van der Waals surface area (Å²) in [5, 5.41) is 5.75. The van der Waals surface area contributed by atoms with Crippen molar-refractivity contribution in [1.82, 2.24) is 14.8 Å². The van der Waals surface area contributed by atoms with Crippen LogP contribution >= 0.6 is 0 Å². The number of benzene rings is 1. The van der Waals surface area contributed by atoms with Crippen molar-refractivity contribution in [2.24, 2.45) is 0 Å². The van der Waals surface area contributed by atoms with Crippen LogP contribution in [0.4, 0.5) is 0 Å². The monoisotopic (exact) mass is 281 g/mol. The zero-order valence-electron chi connectivity index (χ0n) is 12.6. The zero-order valence-corrected chi connectivity index (χ0v) is 12.6. The van der Waals surface area contributed by atoms with Crippen LogP contribution in [0.25, 0.3) is 22.2 Å². The van der Waals surface area contributed by atoms with Crippen molar-refractivity contribution in [2.75, 3.05) is 6.61 Å². The number of ether oxygens (including phenoxy) is 1. The maximum Gasteiger partial charge on any atom is 0.147 e. The standard InChI is InChI=1S/C17H19N3O/c1-4-21-16-11-18-14-8-6-5-7-13(14)17(16)15-9-10-20(19-15)12(2)3/h5-12H,4H2,1-3H3. The molecule has 0 aliphatic heterocycles. The smallest absolute Gasteiger partial charge is 0.147 e. The van der Waals surface area contributed by atoms with Gasteiger partial charge in [-0.25, -0.2) is 0 Å². The Morgan fingerprint density at radius 2 is 2.00 bits per heavy atom. The molecule has 0 saturated heterocycles. The van der Waals surface area contributed by atoms with Gasteiger partial charge in [-0.05, 0) is 32.9 Å². The van der Waals surface area contributed by atoms with E-state index in [0.29, 0.717) is 12.6 Å². The van der Waals surface area contributed by atoms with E-state index in [0.717, 1.165) is 27.9 Å². The topological polar surface area (TPSA) is 39.9 Å². The Balaban J connectivity index is 2.23. The van der Waals surface area contributed by atoms with Gasteiger partial charge >= 0.3 is 0 Å². The van der Waals surface area contributed by atoms with Crippen molar-refractivity contribution in [3.05, 3.63) is 42.7 Å². The molecule has 3 rings (SSSR count). The Morgan fingerprint density at radius 3 is 2.71 bits per heavy atom. The number of pyridine rings is 1. The van der Waals surface area contributed by atoms with Gasteiger partial charge in [0, 0.05) is 17.6 Å². The number of aromatic nitrogens is 3. The van der Waals surface area contributed by atoms with Crippen molar-refractivity contribution in [2.45, 2.75) is 26.8 Å². The van der Waals surface area contributed by atoms with Gasteiger partial charge in [0.1, 0.15) is 5.75 Å². The van der Waals surface area contributed by atoms with Crippen molar-refractivity contribution >= 4 is 10.9 Å². The van der Waals surface area contributed by atoms with Crippen LogP contribution in [0.2, 0.25) is 0 Å². The third-order valence-corrected chi connectivity index (χ3v) is 3.43. The number of hydrogen-bond donors (Lipinski definition) is 0. The molecular formula is C17H19N3O. The van der Waals surface area contributed by atoms with E-state index in [1.807, 2.05) is 42.1 Å².